The third-order valence-corrected chi connectivity index (χ3v) is 3.73. The Morgan fingerprint density at radius 3 is 2.31 bits per heavy atom. The fourth-order valence-electron chi connectivity index (χ4n) is 2.49. The summed E-state index contributed by atoms with van der Waals surface area (Å²) >= 11 is 0. The van der Waals surface area contributed by atoms with E-state index in [-0.39, 0.29) is 11.8 Å². The van der Waals surface area contributed by atoms with Crippen LogP contribution in [-0.2, 0) is 9.59 Å². The Hall–Kier alpha value is -1.06. The first-order valence-corrected chi connectivity index (χ1v) is 5.91. The van der Waals surface area contributed by atoms with Gasteiger partial charge in [-0.2, -0.15) is 0 Å². The zero-order valence-corrected chi connectivity index (χ0v) is 10.2. The van der Waals surface area contributed by atoms with Crippen LogP contribution in [0.15, 0.2) is 0 Å². The highest BCUT2D eigenvalue weighted by molar-refractivity contribution is 5.82. The van der Waals surface area contributed by atoms with Crippen LogP contribution in [0.5, 0.6) is 0 Å². The van der Waals surface area contributed by atoms with Gasteiger partial charge in [0.15, 0.2) is 0 Å². The van der Waals surface area contributed by atoms with E-state index in [0.29, 0.717) is 11.8 Å². The molecule has 1 aliphatic carbocycles. The van der Waals surface area contributed by atoms with Crippen molar-refractivity contribution in [1.82, 2.24) is 5.32 Å². The second-order valence-electron chi connectivity index (χ2n) is 5.04. The predicted molar refractivity (Wildman–Crippen MR) is 60.9 cm³/mol. The summed E-state index contributed by atoms with van der Waals surface area (Å²) in [6.07, 6.45) is 2.83. The topological polar surface area (TPSA) is 66.4 Å². The molecule has 1 rings (SSSR count). The van der Waals surface area contributed by atoms with E-state index in [9.17, 15) is 9.59 Å². The fourth-order valence-corrected chi connectivity index (χ4v) is 2.49. The molecule has 0 aromatic heterocycles. The van der Waals surface area contributed by atoms with Crippen molar-refractivity contribution in [3.63, 3.8) is 0 Å². The smallest absolute Gasteiger partial charge is 0.326 e. The molecule has 2 N–H and O–H groups in total. The minimum Gasteiger partial charge on any atom is -0.480 e. The van der Waals surface area contributed by atoms with Crippen LogP contribution in [0.1, 0.15) is 40.0 Å². The largest absolute Gasteiger partial charge is 0.480 e. The van der Waals surface area contributed by atoms with Gasteiger partial charge >= 0.3 is 5.97 Å². The molecule has 1 saturated carbocycles. The second kappa shape index (κ2) is 5.32. The maximum atomic E-state index is 11.1. The van der Waals surface area contributed by atoms with E-state index >= 15 is 0 Å². The number of aliphatic carboxylic acids is 1. The zero-order valence-electron chi connectivity index (χ0n) is 10.2. The Morgan fingerprint density at radius 1 is 1.25 bits per heavy atom. The Balaban J connectivity index is 2.65. The predicted octanol–water partition coefficient (Wildman–Crippen LogP) is 1.65. The van der Waals surface area contributed by atoms with Crippen LogP contribution in [0.25, 0.3) is 0 Å². The Morgan fingerprint density at radius 2 is 1.88 bits per heavy atom. The number of carbonyl (C=O) groups excluding carboxylic acids is 1. The lowest BCUT2D eigenvalue weighted by Gasteiger charge is -2.35. The lowest BCUT2D eigenvalue weighted by molar-refractivity contribution is -0.143. The van der Waals surface area contributed by atoms with Gasteiger partial charge in [-0.05, 0) is 30.6 Å². The molecule has 1 aliphatic rings. The number of carboxylic acids is 1. The summed E-state index contributed by atoms with van der Waals surface area (Å²) in [5.74, 6) is 0.0885. The number of carboxylic acid groups (broad SMARTS) is 1. The number of hydrogen-bond acceptors (Lipinski definition) is 2. The molecule has 4 heteroatoms. The molecule has 0 aliphatic heterocycles. The zero-order chi connectivity index (χ0) is 12.3. The van der Waals surface area contributed by atoms with Crippen molar-refractivity contribution in [3.8, 4) is 0 Å². The summed E-state index contributed by atoms with van der Waals surface area (Å²) in [6, 6.07) is -0.715. The molecule has 4 atom stereocenters. The van der Waals surface area contributed by atoms with Crippen molar-refractivity contribution in [3.05, 3.63) is 0 Å². The number of amides is 1. The molecule has 0 bridgehead atoms. The van der Waals surface area contributed by atoms with E-state index in [1.165, 1.54) is 6.92 Å². The molecule has 0 heterocycles. The van der Waals surface area contributed by atoms with Gasteiger partial charge in [-0.3, -0.25) is 4.79 Å². The van der Waals surface area contributed by atoms with E-state index in [1.54, 1.807) is 0 Å². The van der Waals surface area contributed by atoms with Crippen LogP contribution in [0.2, 0.25) is 0 Å². The molecule has 0 spiro atoms. The van der Waals surface area contributed by atoms with E-state index in [1.807, 2.05) is 0 Å². The molecule has 1 fully saturated rings. The number of carbonyl (C=O) groups is 2. The van der Waals surface area contributed by atoms with Crippen LogP contribution >= 0.6 is 0 Å². The monoisotopic (exact) mass is 227 g/mol. The van der Waals surface area contributed by atoms with Crippen molar-refractivity contribution < 1.29 is 14.7 Å². The van der Waals surface area contributed by atoms with Crippen LogP contribution in [0, 0.1) is 17.8 Å². The van der Waals surface area contributed by atoms with Crippen molar-refractivity contribution in [1.29, 1.82) is 0 Å². The van der Waals surface area contributed by atoms with Gasteiger partial charge in [-0.25, -0.2) is 4.79 Å². The van der Waals surface area contributed by atoms with Gasteiger partial charge in [0, 0.05) is 6.92 Å². The van der Waals surface area contributed by atoms with Crippen molar-refractivity contribution >= 4 is 11.9 Å². The fraction of sp³-hybridized carbons (Fsp3) is 0.833. The quantitative estimate of drug-likeness (QED) is 0.770. The molecule has 0 aromatic carbocycles. The lowest BCUT2D eigenvalue weighted by Crippen LogP contribution is -2.47. The van der Waals surface area contributed by atoms with Gasteiger partial charge in [0.2, 0.25) is 5.91 Å². The highest BCUT2D eigenvalue weighted by atomic mass is 16.4. The Bertz CT molecular complexity index is 277. The third-order valence-electron chi connectivity index (χ3n) is 3.73. The Labute approximate surface area is 96.4 Å². The summed E-state index contributed by atoms with van der Waals surface area (Å²) in [6.45, 7) is 5.73. The van der Waals surface area contributed by atoms with E-state index in [2.05, 4.69) is 19.2 Å². The van der Waals surface area contributed by atoms with Gasteiger partial charge in [0.25, 0.3) is 0 Å². The van der Waals surface area contributed by atoms with Gasteiger partial charge in [0.05, 0.1) is 0 Å². The van der Waals surface area contributed by atoms with Crippen molar-refractivity contribution in [2.45, 2.75) is 46.1 Å². The van der Waals surface area contributed by atoms with Gasteiger partial charge < -0.3 is 10.4 Å². The molecular formula is C12H21NO3. The highest BCUT2D eigenvalue weighted by Gasteiger charge is 2.34. The summed E-state index contributed by atoms with van der Waals surface area (Å²) in [5.41, 5.74) is 0. The van der Waals surface area contributed by atoms with Gasteiger partial charge in [-0.15, -0.1) is 0 Å². The molecule has 1 amide bonds. The second-order valence-corrected chi connectivity index (χ2v) is 5.04. The normalized spacial score (nSPS) is 31.8. The summed E-state index contributed by atoms with van der Waals surface area (Å²) in [5, 5.41) is 11.7. The molecule has 16 heavy (non-hydrogen) atoms. The minimum atomic E-state index is -0.915. The number of rotatable bonds is 3. The lowest BCUT2D eigenvalue weighted by atomic mass is 9.73. The average Bonchev–Trinajstić information content (AvgIpc) is 2.18. The molecule has 0 aromatic rings. The first-order chi connectivity index (χ1) is 7.41. The molecule has 92 valence electrons. The number of hydrogen-bond donors (Lipinski definition) is 2. The van der Waals surface area contributed by atoms with E-state index < -0.39 is 12.0 Å². The standard InChI is InChI=1S/C12H21NO3/c1-7-4-5-10(6-8(7)2)11(12(15)16)13-9(3)14/h7-8,10-11H,4-6H2,1-3H3,(H,13,14)(H,15,16). The first-order valence-electron chi connectivity index (χ1n) is 5.91. The van der Waals surface area contributed by atoms with Crippen LogP contribution in [0.4, 0.5) is 0 Å². The molecule has 4 nitrogen and oxygen atoms in total. The van der Waals surface area contributed by atoms with Crippen LogP contribution in [0.3, 0.4) is 0 Å². The number of nitrogens with one attached hydrogen (secondary N) is 1. The summed E-state index contributed by atoms with van der Waals surface area (Å²) < 4.78 is 0. The average molecular weight is 227 g/mol. The SMILES string of the molecule is CC(=O)NC(C(=O)O)C1CCC(C)C(C)C1. The molecule has 0 radical (unpaired) electrons. The summed E-state index contributed by atoms with van der Waals surface area (Å²) in [7, 11) is 0. The van der Waals surface area contributed by atoms with Gasteiger partial charge in [-0.1, -0.05) is 20.3 Å². The third kappa shape index (κ3) is 3.22. The van der Waals surface area contributed by atoms with E-state index in [0.717, 1.165) is 19.3 Å². The maximum absolute atomic E-state index is 11.1. The molecule has 0 saturated heterocycles. The molecule has 4 unspecified atom stereocenters. The van der Waals surface area contributed by atoms with Gasteiger partial charge in [0.1, 0.15) is 6.04 Å². The Kier molecular flexibility index (Phi) is 4.33. The summed E-state index contributed by atoms with van der Waals surface area (Å²) in [4.78, 5) is 22.1. The first kappa shape index (κ1) is 13.0. The highest BCUT2D eigenvalue weighted by Crippen LogP contribution is 2.35. The van der Waals surface area contributed by atoms with Crippen molar-refractivity contribution in [2.24, 2.45) is 17.8 Å². The van der Waals surface area contributed by atoms with Crippen molar-refractivity contribution in [2.75, 3.05) is 0 Å². The minimum absolute atomic E-state index is 0.0765. The van der Waals surface area contributed by atoms with E-state index in [4.69, 9.17) is 5.11 Å². The maximum Gasteiger partial charge on any atom is 0.326 e. The van der Waals surface area contributed by atoms with Crippen LogP contribution in [-0.4, -0.2) is 23.0 Å². The van der Waals surface area contributed by atoms with Crippen LogP contribution < -0.4 is 5.32 Å². The molecular weight excluding hydrogens is 206 g/mol.